The van der Waals surface area contributed by atoms with Gasteiger partial charge in [0.05, 0.1) is 10.6 Å². The van der Waals surface area contributed by atoms with E-state index in [9.17, 15) is 17.6 Å². The Morgan fingerprint density at radius 2 is 1.76 bits per heavy atom. The lowest BCUT2D eigenvalue weighted by atomic mass is 10.1. The van der Waals surface area contributed by atoms with E-state index in [4.69, 9.17) is 0 Å². The highest BCUT2D eigenvalue weighted by Crippen LogP contribution is 2.19. The number of aryl methyl sites for hydroxylation is 1. The fraction of sp³-hybridized carbons (Fsp3) is 0.0870. The molecule has 8 nitrogen and oxygen atoms in total. The molecule has 1 aromatic heterocycles. The zero-order chi connectivity index (χ0) is 23.4. The fourth-order valence-electron chi connectivity index (χ4n) is 3.08. The number of carbonyl (C=O) groups is 1. The summed E-state index contributed by atoms with van der Waals surface area (Å²) in [5, 5.41) is 6.89. The number of nitrogens with zero attached hydrogens (tertiary/aromatic N) is 3. The smallest absolute Gasteiger partial charge is 0.261 e. The Labute approximate surface area is 190 Å². The molecule has 0 aliphatic carbocycles. The maximum Gasteiger partial charge on any atom is 0.261 e. The third kappa shape index (κ3) is 5.24. The number of aromatic nitrogens is 3. The minimum Gasteiger partial charge on any atom is -0.348 e. The van der Waals surface area contributed by atoms with Crippen LogP contribution >= 0.6 is 0 Å². The predicted molar refractivity (Wildman–Crippen MR) is 121 cm³/mol. The standard InChI is InChI=1S/C23H20FN5O3S/c1-16-12-21(10-11-22(16)24)33(31,32)28-19-6-4-18(5-7-19)23(30)26-13-17-2-8-20(9-3-17)29-15-25-14-27-29/h2-12,14-15,28H,13H2,1H3,(H,26,30). The van der Waals surface area contributed by atoms with E-state index in [1.165, 1.54) is 49.6 Å². The minimum absolute atomic E-state index is 0.0435. The predicted octanol–water partition coefficient (Wildman–Crippen LogP) is 3.45. The first-order valence-electron chi connectivity index (χ1n) is 9.93. The number of hydrogen-bond donors (Lipinski definition) is 2. The van der Waals surface area contributed by atoms with Gasteiger partial charge in [-0.2, -0.15) is 5.10 Å². The molecule has 0 bridgehead atoms. The maximum atomic E-state index is 13.4. The van der Waals surface area contributed by atoms with Gasteiger partial charge in [0.25, 0.3) is 15.9 Å². The molecule has 0 unspecified atom stereocenters. The van der Waals surface area contributed by atoms with Crippen LogP contribution in [0.5, 0.6) is 0 Å². The number of benzene rings is 3. The Kier molecular flexibility index (Phi) is 6.18. The molecule has 10 heteroatoms. The number of sulfonamides is 1. The van der Waals surface area contributed by atoms with Gasteiger partial charge < -0.3 is 5.32 Å². The van der Waals surface area contributed by atoms with Crippen molar-refractivity contribution in [3.63, 3.8) is 0 Å². The molecule has 1 amide bonds. The second-order valence-electron chi connectivity index (χ2n) is 7.28. The van der Waals surface area contributed by atoms with Gasteiger partial charge in [-0.25, -0.2) is 22.5 Å². The number of amides is 1. The molecule has 0 saturated carbocycles. The van der Waals surface area contributed by atoms with Gasteiger partial charge in [0.2, 0.25) is 0 Å². The molecule has 1 heterocycles. The Balaban J connectivity index is 1.36. The number of hydrogen-bond acceptors (Lipinski definition) is 5. The molecule has 0 aliphatic heterocycles. The highest BCUT2D eigenvalue weighted by molar-refractivity contribution is 7.92. The van der Waals surface area contributed by atoms with Crippen molar-refractivity contribution in [2.24, 2.45) is 0 Å². The average molecular weight is 466 g/mol. The number of halogens is 1. The van der Waals surface area contributed by atoms with E-state index in [-0.39, 0.29) is 22.1 Å². The minimum atomic E-state index is -3.88. The number of anilines is 1. The van der Waals surface area contributed by atoms with Gasteiger partial charge in [-0.3, -0.25) is 9.52 Å². The summed E-state index contributed by atoms with van der Waals surface area (Å²) in [5.74, 6) is -0.769. The lowest BCUT2D eigenvalue weighted by Crippen LogP contribution is -2.22. The molecule has 3 aromatic carbocycles. The SMILES string of the molecule is Cc1cc(S(=O)(=O)Nc2ccc(C(=O)NCc3ccc(-n4cncn4)cc3)cc2)ccc1F. The second kappa shape index (κ2) is 9.21. The van der Waals surface area contributed by atoms with Crippen LogP contribution in [0.1, 0.15) is 21.5 Å². The first-order valence-corrected chi connectivity index (χ1v) is 11.4. The van der Waals surface area contributed by atoms with Gasteiger partial charge in [-0.15, -0.1) is 0 Å². The van der Waals surface area contributed by atoms with E-state index in [1.807, 2.05) is 24.3 Å². The Morgan fingerprint density at radius 1 is 1.03 bits per heavy atom. The molecule has 0 fully saturated rings. The van der Waals surface area contributed by atoms with Crippen LogP contribution in [0, 0.1) is 12.7 Å². The summed E-state index contributed by atoms with van der Waals surface area (Å²) in [5.41, 5.74) is 2.67. The Bertz CT molecular complexity index is 1370. The summed E-state index contributed by atoms with van der Waals surface area (Å²) in [6, 6.07) is 17.1. The van der Waals surface area contributed by atoms with Crippen molar-refractivity contribution < 1.29 is 17.6 Å². The van der Waals surface area contributed by atoms with Gasteiger partial charge >= 0.3 is 0 Å². The summed E-state index contributed by atoms with van der Waals surface area (Å²) in [6.07, 6.45) is 3.05. The summed E-state index contributed by atoms with van der Waals surface area (Å²) >= 11 is 0. The van der Waals surface area contributed by atoms with Crippen molar-refractivity contribution in [3.8, 4) is 5.69 Å². The van der Waals surface area contributed by atoms with E-state index in [0.717, 1.165) is 17.3 Å². The molecule has 4 aromatic rings. The zero-order valence-corrected chi connectivity index (χ0v) is 18.4. The lowest BCUT2D eigenvalue weighted by Gasteiger charge is -2.10. The van der Waals surface area contributed by atoms with Crippen molar-refractivity contribution in [2.45, 2.75) is 18.4 Å². The first-order chi connectivity index (χ1) is 15.8. The van der Waals surface area contributed by atoms with Crippen LogP contribution in [0.25, 0.3) is 5.69 Å². The molecule has 168 valence electrons. The molecule has 4 rings (SSSR count). The molecule has 0 saturated heterocycles. The molecule has 0 aliphatic rings. The van der Waals surface area contributed by atoms with E-state index >= 15 is 0 Å². The molecule has 0 spiro atoms. The van der Waals surface area contributed by atoms with Crippen LogP contribution in [-0.2, 0) is 16.6 Å². The van der Waals surface area contributed by atoms with E-state index in [2.05, 4.69) is 20.1 Å². The van der Waals surface area contributed by atoms with Crippen LogP contribution in [-0.4, -0.2) is 29.1 Å². The molecule has 0 atom stereocenters. The van der Waals surface area contributed by atoms with Crippen molar-refractivity contribution in [1.29, 1.82) is 0 Å². The number of nitrogens with one attached hydrogen (secondary N) is 2. The van der Waals surface area contributed by atoms with Crippen LogP contribution in [0.3, 0.4) is 0 Å². The van der Waals surface area contributed by atoms with Crippen molar-refractivity contribution in [1.82, 2.24) is 20.1 Å². The van der Waals surface area contributed by atoms with Gasteiger partial charge in [-0.1, -0.05) is 12.1 Å². The molecular weight excluding hydrogens is 445 g/mol. The van der Waals surface area contributed by atoms with Crippen molar-refractivity contribution in [3.05, 3.63) is 102 Å². The third-order valence-corrected chi connectivity index (χ3v) is 6.29. The summed E-state index contributed by atoms with van der Waals surface area (Å²) in [7, 11) is -3.88. The normalized spacial score (nSPS) is 11.2. The van der Waals surface area contributed by atoms with Crippen LogP contribution in [0.15, 0.2) is 84.3 Å². The van der Waals surface area contributed by atoms with Crippen LogP contribution < -0.4 is 10.0 Å². The Morgan fingerprint density at radius 3 is 2.39 bits per heavy atom. The Hall–Kier alpha value is -4.05. The van der Waals surface area contributed by atoms with E-state index in [0.29, 0.717) is 12.1 Å². The second-order valence-corrected chi connectivity index (χ2v) is 8.97. The fourth-order valence-corrected chi connectivity index (χ4v) is 4.22. The first kappa shape index (κ1) is 22.2. The highest BCUT2D eigenvalue weighted by atomic mass is 32.2. The topological polar surface area (TPSA) is 106 Å². The van der Waals surface area contributed by atoms with Gasteiger partial charge in [0.1, 0.15) is 18.5 Å². The van der Waals surface area contributed by atoms with Crippen LogP contribution in [0.2, 0.25) is 0 Å². The number of rotatable bonds is 7. The average Bonchev–Trinajstić information content (AvgIpc) is 3.35. The third-order valence-electron chi connectivity index (χ3n) is 4.91. The monoisotopic (exact) mass is 465 g/mol. The van der Waals surface area contributed by atoms with E-state index in [1.54, 1.807) is 11.0 Å². The lowest BCUT2D eigenvalue weighted by molar-refractivity contribution is 0.0951. The van der Waals surface area contributed by atoms with Gasteiger partial charge in [0, 0.05) is 17.8 Å². The van der Waals surface area contributed by atoms with Crippen molar-refractivity contribution >= 4 is 21.6 Å². The summed E-state index contributed by atoms with van der Waals surface area (Å²) < 4.78 is 42.5. The van der Waals surface area contributed by atoms with Gasteiger partial charge in [-0.05, 0) is 72.6 Å². The number of carbonyl (C=O) groups excluding carboxylic acids is 1. The highest BCUT2D eigenvalue weighted by Gasteiger charge is 2.16. The van der Waals surface area contributed by atoms with E-state index < -0.39 is 15.8 Å². The zero-order valence-electron chi connectivity index (χ0n) is 17.6. The largest absolute Gasteiger partial charge is 0.348 e. The molecule has 0 radical (unpaired) electrons. The van der Waals surface area contributed by atoms with Crippen molar-refractivity contribution in [2.75, 3.05) is 4.72 Å². The molecule has 33 heavy (non-hydrogen) atoms. The maximum absolute atomic E-state index is 13.4. The summed E-state index contributed by atoms with van der Waals surface area (Å²) in [4.78, 5) is 16.3. The summed E-state index contributed by atoms with van der Waals surface area (Å²) in [6.45, 7) is 1.82. The van der Waals surface area contributed by atoms with Crippen LogP contribution in [0.4, 0.5) is 10.1 Å². The quantitative estimate of drug-likeness (QED) is 0.435. The van der Waals surface area contributed by atoms with Gasteiger partial charge in [0.15, 0.2) is 0 Å². The molecule has 2 N–H and O–H groups in total. The molecular formula is C23H20FN5O3S.